The molecule has 0 spiro atoms. The van der Waals surface area contributed by atoms with E-state index in [1.54, 1.807) is 0 Å². The maximum atomic E-state index is 13.0. The maximum absolute atomic E-state index is 13.0. The van der Waals surface area contributed by atoms with E-state index in [-0.39, 0.29) is 11.9 Å². The summed E-state index contributed by atoms with van der Waals surface area (Å²) in [5.41, 5.74) is 9.91. The van der Waals surface area contributed by atoms with Crippen molar-refractivity contribution in [2.24, 2.45) is 5.73 Å². The van der Waals surface area contributed by atoms with Crippen LogP contribution in [0.1, 0.15) is 46.8 Å². The fourth-order valence-electron chi connectivity index (χ4n) is 3.27. The summed E-state index contributed by atoms with van der Waals surface area (Å²) in [4.78, 5) is 19.6. The zero-order chi connectivity index (χ0) is 15.3. The van der Waals surface area contributed by atoms with Crippen LogP contribution in [0.4, 0.5) is 0 Å². The number of rotatable bonds is 2. The highest BCUT2D eigenvalue weighted by molar-refractivity contribution is 6.06. The first kappa shape index (κ1) is 13.7. The second kappa shape index (κ2) is 5.06. The van der Waals surface area contributed by atoms with E-state index in [2.05, 4.69) is 12.1 Å². The molecule has 2 aromatic rings. The number of benzene rings is 1. The number of likely N-dealkylation sites (tertiary alicyclic amines) is 1. The standard InChI is InChI=1S/C18H21N3O/c1-11-2-5-16-14(8-11)15(9-17(20-16)12-3-4-12)18(22)21-7-6-13(19)10-21/h2,5,8-9,12-13H,3-4,6-7,10,19H2,1H3/t13-/m0/s1. The second-order valence-corrected chi connectivity index (χ2v) is 6.69. The van der Waals surface area contributed by atoms with E-state index in [9.17, 15) is 4.79 Å². The molecule has 2 fully saturated rings. The zero-order valence-corrected chi connectivity index (χ0v) is 12.9. The predicted octanol–water partition coefficient (Wildman–Crippen LogP) is 2.59. The average Bonchev–Trinajstić information content (AvgIpc) is 3.27. The molecule has 0 unspecified atom stereocenters. The van der Waals surface area contributed by atoms with Gasteiger partial charge < -0.3 is 10.6 Å². The number of amides is 1. The summed E-state index contributed by atoms with van der Waals surface area (Å²) < 4.78 is 0. The molecule has 4 heteroatoms. The van der Waals surface area contributed by atoms with Gasteiger partial charge in [-0.1, -0.05) is 11.6 Å². The lowest BCUT2D eigenvalue weighted by Gasteiger charge is -2.18. The number of pyridine rings is 1. The fourth-order valence-corrected chi connectivity index (χ4v) is 3.27. The molecule has 2 heterocycles. The molecule has 114 valence electrons. The fraction of sp³-hybridized carbons (Fsp3) is 0.444. The molecule has 1 saturated carbocycles. The van der Waals surface area contributed by atoms with Gasteiger partial charge in [0.1, 0.15) is 0 Å². The van der Waals surface area contributed by atoms with Crippen molar-refractivity contribution in [3.05, 3.63) is 41.1 Å². The van der Waals surface area contributed by atoms with Gasteiger partial charge in [-0.3, -0.25) is 9.78 Å². The van der Waals surface area contributed by atoms with Crippen LogP contribution < -0.4 is 5.73 Å². The lowest BCUT2D eigenvalue weighted by Crippen LogP contribution is -2.32. The quantitative estimate of drug-likeness (QED) is 0.926. The van der Waals surface area contributed by atoms with Crippen molar-refractivity contribution in [2.45, 2.75) is 38.1 Å². The van der Waals surface area contributed by atoms with Gasteiger partial charge in [-0.05, 0) is 44.4 Å². The van der Waals surface area contributed by atoms with Crippen molar-refractivity contribution in [3.63, 3.8) is 0 Å². The first-order valence-corrected chi connectivity index (χ1v) is 8.08. The Kier molecular flexibility index (Phi) is 3.15. The summed E-state index contributed by atoms with van der Waals surface area (Å²) in [6.45, 7) is 3.47. The zero-order valence-electron chi connectivity index (χ0n) is 12.9. The van der Waals surface area contributed by atoms with E-state index < -0.39 is 0 Å². The van der Waals surface area contributed by atoms with Gasteiger partial charge in [-0.2, -0.15) is 0 Å². The summed E-state index contributed by atoms with van der Waals surface area (Å²) >= 11 is 0. The van der Waals surface area contributed by atoms with E-state index >= 15 is 0 Å². The molecule has 4 rings (SSSR count). The minimum absolute atomic E-state index is 0.104. The van der Waals surface area contributed by atoms with Crippen molar-refractivity contribution in [1.82, 2.24) is 9.88 Å². The van der Waals surface area contributed by atoms with Gasteiger partial charge >= 0.3 is 0 Å². The Balaban J connectivity index is 1.83. The van der Waals surface area contributed by atoms with Crippen LogP contribution in [0, 0.1) is 6.92 Å². The Morgan fingerprint density at radius 3 is 2.77 bits per heavy atom. The summed E-state index contributed by atoms with van der Waals surface area (Å²) in [5.74, 6) is 0.644. The number of hydrogen-bond acceptors (Lipinski definition) is 3. The lowest BCUT2D eigenvalue weighted by atomic mass is 10.0. The first-order chi connectivity index (χ1) is 10.6. The highest BCUT2D eigenvalue weighted by Gasteiger charge is 2.29. The van der Waals surface area contributed by atoms with Gasteiger partial charge in [-0.15, -0.1) is 0 Å². The van der Waals surface area contributed by atoms with Gasteiger partial charge in [0.25, 0.3) is 5.91 Å². The number of hydrogen-bond donors (Lipinski definition) is 1. The number of nitrogens with zero attached hydrogens (tertiary/aromatic N) is 2. The van der Waals surface area contributed by atoms with Gasteiger partial charge in [0.05, 0.1) is 11.1 Å². The molecule has 1 aromatic heterocycles. The molecule has 1 aliphatic heterocycles. The number of aryl methyl sites for hydroxylation is 1. The SMILES string of the molecule is Cc1ccc2nc(C3CC3)cc(C(=O)N3CC[C@H](N)C3)c2c1. The van der Waals surface area contributed by atoms with Gasteiger partial charge in [0.2, 0.25) is 0 Å². The number of fused-ring (bicyclic) bond motifs is 1. The Hall–Kier alpha value is -1.94. The molecule has 1 aliphatic carbocycles. The minimum atomic E-state index is 0.104. The van der Waals surface area contributed by atoms with E-state index in [0.29, 0.717) is 12.5 Å². The summed E-state index contributed by atoms with van der Waals surface area (Å²) in [5, 5.41) is 0.967. The normalized spacial score (nSPS) is 21.5. The summed E-state index contributed by atoms with van der Waals surface area (Å²) in [7, 11) is 0. The van der Waals surface area contributed by atoms with Crippen molar-refractivity contribution >= 4 is 16.8 Å². The summed E-state index contributed by atoms with van der Waals surface area (Å²) in [6.07, 6.45) is 3.27. The summed E-state index contributed by atoms with van der Waals surface area (Å²) in [6, 6.07) is 8.30. The van der Waals surface area contributed by atoms with Crippen molar-refractivity contribution in [3.8, 4) is 0 Å². The Bertz CT molecular complexity index is 751. The molecule has 2 aliphatic rings. The molecule has 1 atom stereocenters. The Morgan fingerprint density at radius 1 is 1.27 bits per heavy atom. The number of aromatic nitrogens is 1. The number of nitrogens with two attached hydrogens (primary N) is 1. The Labute approximate surface area is 130 Å². The number of carbonyl (C=O) groups excluding carboxylic acids is 1. The maximum Gasteiger partial charge on any atom is 0.254 e. The Morgan fingerprint density at radius 2 is 2.09 bits per heavy atom. The monoisotopic (exact) mass is 295 g/mol. The molecule has 0 bridgehead atoms. The van der Waals surface area contributed by atoms with Crippen molar-refractivity contribution in [2.75, 3.05) is 13.1 Å². The topological polar surface area (TPSA) is 59.2 Å². The largest absolute Gasteiger partial charge is 0.337 e. The molecule has 1 aromatic carbocycles. The average molecular weight is 295 g/mol. The molecular weight excluding hydrogens is 274 g/mol. The van der Waals surface area contributed by atoms with Crippen LogP contribution in [-0.4, -0.2) is 34.9 Å². The molecule has 2 N–H and O–H groups in total. The van der Waals surface area contributed by atoms with Crippen molar-refractivity contribution < 1.29 is 4.79 Å². The highest BCUT2D eigenvalue weighted by Crippen LogP contribution is 2.40. The van der Waals surface area contributed by atoms with E-state index in [0.717, 1.165) is 40.7 Å². The molecule has 4 nitrogen and oxygen atoms in total. The van der Waals surface area contributed by atoms with Gasteiger partial charge in [0, 0.05) is 36.1 Å². The molecular formula is C18H21N3O. The molecule has 22 heavy (non-hydrogen) atoms. The first-order valence-electron chi connectivity index (χ1n) is 8.08. The second-order valence-electron chi connectivity index (χ2n) is 6.69. The molecule has 1 amide bonds. The van der Waals surface area contributed by atoms with Crippen LogP contribution in [0.5, 0.6) is 0 Å². The minimum Gasteiger partial charge on any atom is -0.337 e. The van der Waals surface area contributed by atoms with E-state index in [4.69, 9.17) is 10.7 Å². The van der Waals surface area contributed by atoms with Gasteiger partial charge in [0.15, 0.2) is 0 Å². The highest BCUT2D eigenvalue weighted by atomic mass is 16.2. The van der Waals surface area contributed by atoms with Crippen LogP contribution in [0.15, 0.2) is 24.3 Å². The van der Waals surface area contributed by atoms with E-state index in [1.807, 2.05) is 24.0 Å². The number of carbonyl (C=O) groups is 1. The molecule has 0 radical (unpaired) electrons. The van der Waals surface area contributed by atoms with Crippen LogP contribution in [0.2, 0.25) is 0 Å². The van der Waals surface area contributed by atoms with Crippen LogP contribution in [-0.2, 0) is 0 Å². The third kappa shape index (κ3) is 2.37. The lowest BCUT2D eigenvalue weighted by molar-refractivity contribution is 0.0792. The van der Waals surface area contributed by atoms with Gasteiger partial charge in [-0.25, -0.2) is 0 Å². The predicted molar refractivity (Wildman–Crippen MR) is 87.0 cm³/mol. The van der Waals surface area contributed by atoms with Crippen LogP contribution >= 0.6 is 0 Å². The van der Waals surface area contributed by atoms with Crippen LogP contribution in [0.3, 0.4) is 0 Å². The van der Waals surface area contributed by atoms with E-state index in [1.165, 1.54) is 12.8 Å². The third-order valence-corrected chi connectivity index (χ3v) is 4.72. The molecule has 1 saturated heterocycles. The smallest absolute Gasteiger partial charge is 0.254 e. The van der Waals surface area contributed by atoms with Crippen LogP contribution in [0.25, 0.3) is 10.9 Å². The third-order valence-electron chi connectivity index (χ3n) is 4.72. The van der Waals surface area contributed by atoms with Crippen molar-refractivity contribution in [1.29, 1.82) is 0 Å².